The van der Waals surface area contributed by atoms with Crippen LogP contribution < -0.4 is 5.32 Å². The van der Waals surface area contributed by atoms with E-state index in [4.69, 9.17) is 0 Å². The molecule has 2 fully saturated rings. The second kappa shape index (κ2) is 5.28. The van der Waals surface area contributed by atoms with Gasteiger partial charge in [-0.25, -0.2) is 0 Å². The van der Waals surface area contributed by atoms with E-state index in [1.165, 1.54) is 12.1 Å². The van der Waals surface area contributed by atoms with Gasteiger partial charge in [-0.05, 0) is 31.9 Å². The molecule has 2 aliphatic heterocycles. The maximum absolute atomic E-state index is 11.1. The molecule has 2 aliphatic rings. The Labute approximate surface area is 121 Å². The summed E-state index contributed by atoms with van der Waals surface area (Å²) in [5, 5.41) is 25.1. The van der Waals surface area contributed by atoms with E-state index in [1.807, 2.05) is 0 Å². The third kappa shape index (κ3) is 2.54. The number of hydrogen-bond acceptors (Lipinski definition) is 6. The van der Waals surface area contributed by atoms with Crippen LogP contribution >= 0.6 is 0 Å². The predicted octanol–water partition coefficient (Wildman–Crippen LogP) is 2.15. The lowest BCUT2D eigenvalue weighted by Crippen LogP contribution is -2.33. The van der Waals surface area contributed by atoms with Gasteiger partial charge in [-0.15, -0.1) is 0 Å². The van der Waals surface area contributed by atoms with Crippen LogP contribution in [0.3, 0.4) is 0 Å². The minimum Gasteiger partial charge on any atom is -0.375 e. The molecule has 0 aliphatic carbocycles. The van der Waals surface area contributed by atoms with Crippen molar-refractivity contribution in [2.75, 3.05) is 18.4 Å². The SMILES string of the molecule is O=[N+]([O-])c1ccc(NC2CCN3CCCC23)c([N+](=O)[O-])c1. The number of nitrogens with one attached hydrogen (secondary N) is 1. The van der Waals surface area contributed by atoms with Crippen LogP contribution in [0.15, 0.2) is 18.2 Å². The van der Waals surface area contributed by atoms with Crippen LogP contribution in [0.5, 0.6) is 0 Å². The summed E-state index contributed by atoms with van der Waals surface area (Å²) in [6, 6.07) is 4.35. The van der Waals surface area contributed by atoms with Crippen molar-refractivity contribution in [3.63, 3.8) is 0 Å². The molecule has 2 saturated heterocycles. The van der Waals surface area contributed by atoms with E-state index in [9.17, 15) is 20.2 Å². The molecular formula is C13H16N4O4. The van der Waals surface area contributed by atoms with Gasteiger partial charge in [0.2, 0.25) is 0 Å². The Hall–Kier alpha value is -2.22. The third-order valence-corrected chi connectivity index (χ3v) is 4.34. The van der Waals surface area contributed by atoms with E-state index >= 15 is 0 Å². The summed E-state index contributed by atoms with van der Waals surface area (Å²) in [6.07, 6.45) is 3.20. The fourth-order valence-corrected chi connectivity index (χ4v) is 3.36. The van der Waals surface area contributed by atoms with E-state index < -0.39 is 9.85 Å². The van der Waals surface area contributed by atoms with Gasteiger partial charge in [-0.3, -0.25) is 25.1 Å². The number of nitro benzene ring substituents is 2. The van der Waals surface area contributed by atoms with Gasteiger partial charge in [0, 0.05) is 24.7 Å². The monoisotopic (exact) mass is 292 g/mol. The van der Waals surface area contributed by atoms with E-state index in [1.54, 1.807) is 0 Å². The van der Waals surface area contributed by atoms with Crippen LogP contribution in [0.25, 0.3) is 0 Å². The van der Waals surface area contributed by atoms with E-state index in [0.717, 1.165) is 38.4 Å². The molecule has 8 heteroatoms. The Morgan fingerprint density at radius 2 is 1.95 bits per heavy atom. The lowest BCUT2D eigenvalue weighted by molar-refractivity contribution is -0.393. The number of nitrogens with zero attached hydrogens (tertiary/aromatic N) is 3. The van der Waals surface area contributed by atoms with E-state index in [2.05, 4.69) is 10.2 Å². The third-order valence-electron chi connectivity index (χ3n) is 4.34. The molecule has 1 aromatic rings. The van der Waals surface area contributed by atoms with E-state index in [0.29, 0.717) is 11.7 Å². The standard InChI is InChI=1S/C13H16N4O4/c18-16(19)9-3-4-10(13(8-9)17(20)21)14-11-5-7-15-6-1-2-12(11)15/h3-4,8,11-12,14H,1-2,5-7H2. The van der Waals surface area contributed by atoms with Crippen molar-refractivity contribution in [2.45, 2.75) is 31.3 Å². The Bertz CT molecular complexity index is 592. The highest BCUT2D eigenvalue weighted by Crippen LogP contribution is 2.34. The van der Waals surface area contributed by atoms with Crippen molar-refractivity contribution in [1.29, 1.82) is 0 Å². The highest BCUT2D eigenvalue weighted by molar-refractivity contribution is 5.65. The van der Waals surface area contributed by atoms with Crippen LogP contribution in [0.2, 0.25) is 0 Å². The first-order valence-corrected chi connectivity index (χ1v) is 6.99. The highest BCUT2D eigenvalue weighted by Gasteiger charge is 2.37. The zero-order chi connectivity index (χ0) is 15.0. The molecule has 2 unspecified atom stereocenters. The predicted molar refractivity (Wildman–Crippen MR) is 76.4 cm³/mol. The quantitative estimate of drug-likeness (QED) is 0.674. The second-order valence-electron chi connectivity index (χ2n) is 5.50. The van der Waals surface area contributed by atoms with Gasteiger partial charge in [-0.2, -0.15) is 0 Å². The fraction of sp³-hybridized carbons (Fsp3) is 0.538. The van der Waals surface area contributed by atoms with Crippen molar-refractivity contribution in [3.05, 3.63) is 38.4 Å². The highest BCUT2D eigenvalue weighted by atomic mass is 16.6. The molecule has 0 aromatic heterocycles. The number of nitro groups is 2. The molecule has 2 heterocycles. The fourth-order valence-electron chi connectivity index (χ4n) is 3.36. The van der Waals surface area contributed by atoms with Crippen LogP contribution in [0, 0.1) is 20.2 Å². The first-order chi connectivity index (χ1) is 10.1. The first kappa shape index (κ1) is 13.7. The maximum Gasteiger partial charge on any atom is 0.299 e. The molecular weight excluding hydrogens is 276 g/mol. The summed E-state index contributed by atoms with van der Waals surface area (Å²) < 4.78 is 0. The molecule has 8 nitrogen and oxygen atoms in total. The van der Waals surface area contributed by atoms with Crippen molar-refractivity contribution < 1.29 is 9.85 Å². The number of fused-ring (bicyclic) bond motifs is 1. The summed E-state index contributed by atoms with van der Waals surface area (Å²) in [6.45, 7) is 2.09. The topological polar surface area (TPSA) is 102 Å². The van der Waals surface area contributed by atoms with Crippen molar-refractivity contribution in [3.8, 4) is 0 Å². The van der Waals surface area contributed by atoms with Gasteiger partial charge < -0.3 is 5.32 Å². The van der Waals surface area contributed by atoms with Crippen LogP contribution in [-0.4, -0.2) is 39.9 Å². The lowest BCUT2D eigenvalue weighted by atomic mass is 10.1. The first-order valence-electron chi connectivity index (χ1n) is 6.99. The number of non-ortho nitro benzene ring substituents is 1. The van der Waals surface area contributed by atoms with Gasteiger partial charge >= 0.3 is 0 Å². The average molecular weight is 292 g/mol. The Balaban J connectivity index is 1.84. The van der Waals surface area contributed by atoms with Crippen molar-refractivity contribution >= 4 is 17.1 Å². The smallest absolute Gasteiger partial charge is 0.299 e. The minimum absolute atomic E-state index is 0.174. The maximum atomic E-state index is 11.1. The van der Waals surface area contributed by atoms with Crippen molar-refractivity contribution in [1.82, 2.24) is 4.90 Å². The van der Waals surface area contributed by atoms with Gasteiger partial charge in [0.05, 0.1) is 15.9 Å². The number of benzene rings is 1. The van der Waals surface area contributed by atoms with Crippen LogP contribution in [-0.2, 0) is 0 Å². The van der Waals surface area contributed by atoms with Gasteiger partial charge in [0.25, 0.3) is 11.4 Å². The molecule has 21 heavy (non-hydrogen) atoms. The Morgan fingerprint density at radius 1 is 1.14 bits per heavy atom. The van der Waals surface area contributed by atoms with Crippen molar-refractivity contribution in [2.24, 2.45) is 0 Å². The molecule has 0 spiro atoms. The Morgan fingerprint density at radius 3 is 2.67 bits per heavy atom. The molecule has 2 atom stereocenters. The summed E-state index contributed by atoms with van der Waals surface area (Å²) >= 11 is 0. The molecule has 1 aromatic carbocycles. The van der Waals surface area contributed by atoms with Gasteiger partial charge in [0.1, 0.15) is 5.69 Å². The zero-order valence-corrected chi connectivity index (χ0v) is 11.4. The zero-order valence-electron chi connectivity index (χ0n) is 11.4. The largest absolute Gasteiger partial charge is 0.375 e. The number of anilines is 1. The van der Waals surface area contributed by atoms with E-state index in [-0.39, 0.29) is 17.4 Å². The molecule has 1 N–H and O–H groups in total. The Kier molecular flexibility index (Phi) is 3.46. The number of hydrogen-bond donors (Lipinski definition) is 1. The molecule has 0 bridgehead atoms. The van der Waals surface area contributed by atoms with Gasteiger partial charge in [0.15, 0.2) is 0 Å². The second-order valence-corrected chi connectivity index (χ2v) is 5.50. The van der Waals surface area contributed by atoms with Crippen LogP contribution in [0.4, 0.5) is 17.1 Å². The lowest BCUT2D eigenvalue weighted by Gasteiger charge is -2.22. The number of rotatable bonds is 4. The minimum atomic E-state index is -0.620. The molecule has 0 radical (unpaired) electrons. The normalized spacial score (nSPS) is 24.8. The summed E-state index contributed by atoms with van der Waals surface area (Å²) in [4.78, 5) is 23.1. The average Bonchev–Trinajstić information content (AvgIpc) is 3.03. The molecule has 3 rings (SSSR count). The molecule has 0 saturated carbocycles. The summed E-state index contributed by atoms with van der Waals surface area (Å²) in [5.74, 6) is 0. The van der Waals surface area contributed by atoms with Crippen LogP contribution in [0.1, 0.15) is 19.3 Å². The molecule has 112 valence electrons. The molecule has 0 amide bonds. The summed E-state index contributed by atoms with van der Waals surface area (Å²) in [7, 11) is 0. The summed E-state index contributed by atoms with van der Waals surface area (Å²) in [5.41, 5.74) is -0.133. The van der Waals surface area contributed by atoms with Gasteiger partial charge in [-0.1, -0.05) is 0 Å².